The van der Waals surface area contributed by atoms with Crippen molar-refractivity contribution in [1.29, 1.82) is 0 Å². The first-order valence-corrected chi connectivity index (χ1v) is 11.7. The van der Waals surface area contributed by atoms with Gasteiger partial charge in [-0.3, -0.25) is 14.0 Å². The summed E-state index contributed by atoms with van der Waals surface area (Å²) in [5, 5.41) is 9.58. The molecule has 2 amide bonds. The number of nitrogens with zero attached hydrogens (tertiary/aromatic N) is 2. The number of carbonyl (C=O) groups excluding carboxylic acids is 2. The Morgan fingerprint density at radius 2 is 1.72 bits per heavy atom. The van der Waals surface area contributed by atoms with E-state index in [-0.39, 0.29) is 18.2 Å². The van der Waals surface area contributed by atoms with E-state index in [4.69, 9.17) is 0 Å². The van der Waals surface area contributed by atoms with Gasteiger partial charge in [0.2, 0.25) is 5.91 Å². The lowest BCUT2D eigenvalue weighted by Gasteiger charge is -2.08. The molecule has 0 atom stereocenters. The number of aromatic nitrogens is 2. The fraction of sp³-hybridized carbons (Fsp3) is 0.0417. The van der Waals surface area contributed by atoms with E-state index in [1.807, 2.05) is 57.8 Å². The molecule has 0 saturated heterocycles. The summed E-state index contributed by atoms with van der Waals surface area (Å²) in [6.45, 7) is 0. The third-order valence-corrected chi connectivity index (χ3v) is 6.60. The second-order valence-electron chi connectivity index (χ2n) is 7.11. The molecule has 158 valence electrons. The Morgan fingerprint density at radius 1 is 0.906 bits per heavy atom. The van der Waals surface area contributed by atoms with Gasteiger partial charge in [0.15, 0.2) is 4.96 Å². The van der Waals surface area contributed by atoms with E-state index in [1.165, 1.54) is 22.7 Å². The summed E-state index contributed by atoms with van der Waals surface area (Å²) in [5.41, 5.74) is 4.05. The normalized spacial score (nSPS) is 10.9. The molecule has 0 fully saturated rings. The molecule has 6 nitrogen and oxygen atoms in total. The van der Waals surface area contributed by atoms with E-state index in [2.05, 4.69) is 15.6 Å². The monoisotopic (exact) mass is 458 g/mol. The lowest BCUT2D eigenvalue weighted by Crippen LogP contribution is -2.16. The zero-order valence-corrected chi connectivity index (χ0v) is 18.5. The minimum Gasteiger partial charge on any atom is -0.326 e. The van der Waals surface area contributed by atoms with Gasteiger partial charge in [0.1, 0.15) is 0 Å². The van der Waals surface area contributed by atoms with Gasteiger partial charge in [-0.25, -0.2) is 4.98 Å². The smallest absolute Gasteiger partial charge is 0.265 e. The quantitative estimate of drug-likeness (QED) is 0.350. The van der Waals surface area contributed by atoms with Crippen molar-refractivity contribution < 1.29 is 9.59 Å². The molecule has 2 N–H and O–H groups in total. The topological polar surface area (TPSA) is 75.5 Å². The first-order valence-electron chi connectivity index (χ1n) is 9.91. The number of carbonyl (C=O) groups is 2. The van der Waals surface area contributed by atoms with Crippen LogP contribution < -0.4 is 10.6 Å². The molecule has 0 aliphatic heterocycles. The summed E-state index contributed by atoms with van der Waals surface area (Å²) < 4.78 is 1.96. The zero-order valence-electron chi connectivity index (χ0n) is 16.8. The molecule has 8 heteroatoms. The van der Waals surface area contributed by atoms with Gasteiger partial charge in [-0.1, -0.05) is 42.5 Å². The second-order valence-corrected chi connectivity index (χ2v) is 8.89. The Morgan fingerprint density at radius 3 is 2.50 bits per heavy atom. The van der Waals surface area contributed by atoms with Gasteiger partial charge in [0, 0.05) is 34.2 Å². The van der Waals surface area contributed by atoms with Gasteiger partial charge in [-0.2, -0.15) is 0 Å². The number of hydrogen-bond donors (Lipinski definition) is 2. The molecule has 0 bridgehead atoms. The number of thiazole rings is 1. The Bertz CT molecular complexity index is 1390. The van der Waals surface area contributed by atoms with Crippen molar-refractivity contribution in [2.75, 3.05) is 10.6 Å². The molecular formula is C24H18N4O2S2. The third-order valence-electron chi connectivity index (χ3n) is 4.84. The third kappa shape index (κ3) is 4.32. The number of hydrogen-bond acceptors (Lipinski definition) is 5. The molecule has 0 aliphatic rings. The lowest BCUT2D eigenvalue weighted by molar-refractivity contribution is -0.115. The van der Waals surface area contributed by atoms with Crippen LogP contribution in [0.15, 0.2) is 83.7 Å². The molecule has 5 rings (SSSR count). The maximum atomic E-state index is 12.7. The number of nitrogens with one attached hydrogen (secondary N) is 2. The van der Waals surface area contributed by atoms with Crippen LogP contribution in [-0.2, 0) is 11.2 Å². The highest BCUT2D eigenvalue weighted by Gasteiger charge is 2.13. The molecule has 0 spiro atoms. The molecule has 0 radical (unpaired) electrons. The maximum absolute atomic E-state index is 12.7. The van der Waals surface area contributed by atoms with E-state index in [1.54, 1.807) is 30.3 Å². The van der Waals surface area contributed by atoms with Crippen LogP contribution >= 0.6 is 22.7 Å². The maximum Gasteiger partial charge on any atom is 0.265 e. The molecule has 0 unspecified atom stereocenters. The first kappa shape index (κ1) is 20.2. The van der Waals surface area contributed by atoms with Crippen molar-refractivity contribution in [3.05, 3.63) is 94.3 Å². The minimum atomic E-state index is -0.168. The molecule has 0 aliphatic carbocycles. The first-order chi connectivity index (χ1) is 15.7. The molecule has 32 heavy (non-hydrogen) atoms. The van der Waals surface area contributed by atoms with Crippen LogP contribution in [0.25, 0.3) is 16.2 Å². The van der Waals surface area contributed by atoms with Crippen molar-refractivity contribution in [1.82, 2.24) is 9.38 Å². The van der Waals surface area contributed by atoms with E-state index in [0.29, 0.717) is 16.3 Å². The van der Waals surface area contributed by atoms with Crippen molar-refractivity contribution in [3.8, 4) is 11.3 Å². The summed E-state index contributed by atoms with van der Waals surface area (Å²) in [6, 6.07) is 20.7. The molecule has 0 saturated carbocycles. The molecular weight excluding hydrogens is 440 g/mol. The zero-order chi connectivity index (χ0) is 21.9. The predicted octanol–water partition coefficient (Wildman–Crippen LogP) is 5.56. The summed E-state index contributed by atoms with van der Waals surface area (Å²) in [6.07, 6.45) is 2.18. The predicted molar refractivity (Wildman–Crippen MR) is 130 cm³/mol. The number of imidazole rings is 1. The average Bonchev–Trinajstić information content (AvgIpc) is 3.54. The summed E-state index contributed by atoms with van der Waals surface area (Å²) in [7, 11) is 0. The van der Waals surface area contributed by atoms with Crippen LogP contribution in [0.3, 0.4) is 0 Å². The van der Waals surface area contributed by atoms with Crippen molar-refractivity contribution in [3.63, 3.8) is 0 Å². The highest BCUT2D eigenvalue weighted by atomic mass is 32.1. The molecule has 3 aromatic heterocycles. The fourth-order valence-electron chi connectivity index (χ4n) is 3.35. The lowest BCUT2D eigenvalue weighted by atomic mass is 10.2. The van der Waals surface area contributed by atoms with Crippen LogP contribution in [0.4, 0.5) is 11.4 Å². The molecule has 3 heterocycles. The van der Waals surface area contributed by atoms with Gasteiger partial charge < -0.3 is 10.6 Å². The Hall–Kier alpha value is -3.75. The van der Waals surface area contributed by atoms with Crippen LogP contribution in [-0.4, -0.2) is 21.2 Å². The standard InChI is InChI=1S/C24H18N4O2S2/c29-22(25-17-8-4-9-18(12-17)26-23(30)21-10-5-11-31-21)13-19-15-32-24-27-20(14-28(19)24)16-6-2-1-3-7-16/h1-12,14-15H,13H2,(H,25,29)(H,26,30). The average molecular weight is 459 g/mol. The number of anilines is 2. The van der Waals surface area contributed by atoms with Gasteiger partial charge in [0.05, 0.1) is 17.0 Å². The number of amides is 2. The number of fused-ring (bicyclic) bond motifs is 1. The van der Waals surface area contributed by atoms with E-state index in [9.17, 15) is 9.59 Å². The Labute approximate surface area is 192 Å². The van der Waals surface area contributed by atoms with Crippen LogP contribution in [0.1, 0.15) is 15.4 Å². The molecule has 2 aromatic carbocycles. The van der Waals surface area contributed by atoms with Crippen LogP contribution in [0.5, 0.6) is 0 Å². The van der Waals surface area contributed by atoms with Crippen molar-refractivity contribution in [2.24, 2.45) is 0 Å². The van der Waals surface area contributed by atoms with Gasteiger partial charge in [0.25, 0.3) is 5.91 Å². The second kappa shape index (κ2) is 8.78. The van der Waals surface area contributed by atoms with Gasteiger partial charge in [-0.05, 0) is 29.6 Å². The van der Waals surface area contributed by atoms with E-state index in [0.717, 1.165) is 21.9 Å². The SMILES string of the molecule is O=C(Cc1csc2nc(-c3ccccc3)cn12)Nc1cccc(NC(=O)c2cccs2)c1. The largest absolute Gasteiger partial charge is 0.326 e. The van der Waals surface area contributed by atoms with Gasteiger partial charge >= 0.3 is 0 Å². The Balaban J connectivity index is 1.27. The number of rotatable bonds is 6. The van der Waals surface area contributed by atoms with Crippen molar-refractivity contribution >= 4 is 50.8 Å². The molecule has 5 aromatic rings. The van der Waals surface area contributed by atoms with Gasteiger partial charge in [-0.15, -0.1) is 22.7 Å². The Kier molecular flexibility index (Phi) is 5.53. The summed E-state index contributed by atoms with van der Waals surface area (Å²) in [5.74, 6) is -0.306. The van der Waals surface area contributed by atoms with E-state index < -0.39 is 0 Å². The highest BCUT2D eigenvalue weighted by Crippen LogP contribution is 2.24. The van der Waals surface area contributed by atoms with Crippen LogP contribution in [0, 0.1) is 0 Å². The minimum absolute atomic E-state index is 0.138. The van der Waals surface area contributed by atoms with E-state index >= 15 is 0 Å². The number of thiophene rings is 1. The highest BCUT2D eigenvalue weighted by molar-refractivity contribution is 7.15. The summed E-state index contributed by atoms with van der Waals surface area (Å²) >= 11 is 2.89. The fourth-order valence-corrected chi connectivity index (χ4v) is 4.84. The summed E-state index contributed by atoms with van der Waals surface area (Å²) in [4.78, 5) is 31.1. The van der Waals surface area contributed by atoms with Crippen molar-refractivity contribution in [2.45, 2.75) is 6.42 Å². The number of benzene rings is 2. The van der Waals surface area contributed by atoms with Crippen LogP contribution in [0.2, 0.25) is 0 Å².